The Bertz CT molecular complexity index is 739. The second kappa shape index (κ2) is 8.90. The van der Waals surface area contributed by atoms with Crippen LogP contribution in [0.2, 0.25) is 0 Å². The first-order valence-electron chi connectivity index (χ1n) is 8.44. The Morgan fingerprint density at radius 2 is 1.80 bits per heavy atom. The molecule has 0 bridgehead atoms. The van der Waals surface area contributed by atoms with Crippen LogP contribution in [0, 0.1) is 13.8 Å². The van der Waals surface area contributed by atoms with Crippen molar-refractivity contribution in [1.82, 2.24) is 0 Å². The number of aryl methyl sites for hydroxylation is 2. The molecule has 0 saturated heterocycles. The summed E-state index contributed by atoms with van der Waals surface area (Å²) in [6.07, 6.45) is 0.896. The molecule has 0 aliphatic rings. The lowest BCUT2D eigenvalue weighted by Gasteiger charge is -2.16. The third-order valence-electron chi connectivity index (χ3n) is 3.74. The third kappa shape index (κ3) is 4.75. The van der Waals surface area contributed by atoms with Crippen LogP contribution in [-0.4, -0.2) is 19.1 Å². The van der Waals surface area contributed by atoms with Gasteiger partial charge < -0.3 is 14.8 Å². The number of nitrogens with one attached hydrogen (secondary N) is 1. The highest BCUT2D eigenvalue weighted by Crippen LogP contribution is 2.37. The van der Waals surface area contributed by atoms with E-state index in [1.165, 1.54) is 0 Å². The van der Waals surface area contributed by atoms with Gasteiger partial charge in [-0.05, 0) is 66.4 Å². The predicted molar refractivity (Wildman–Crippen MR) is 105 cm³/mol. The van der Waals surface area contributed by atoms with Crippen LogP contribution in [0.15, 0.2) is 34.8 Å². The Labute approximate surface area is 157 Å². The largest absolute Gasteiger partial charge is 0.490 e. The Hall–Kier alpha value is -2.01. The lowest BCUT2D eigenvalue weighted by Crippen LogP contribution is -2.14. The molecule has 0 aliphatic carbocycles. The van der Waals surface area contributed by atoms with Crippen molar-refractivity contribution in [3.05, 3.63) is 51.5 Å². The average Bonchev–Trinajstić information content (AvgIpc) is 2.57. The summed E-state index contributed by atoms with van der Waals surface area (Å²) in [5.74, 6) is 1.02. The van der Waals surface area contributed by atoms with E-state index in [0.717, 1.165) is 23.2 Å². The number of halogens is 1. The minimum absolute atomic E-state index is 0.180. The predicted octanol–water partition coefficient (Wildman–Crippen LogP) is 5.51. The summed E-state index contributed by atoms with van der Waals surface area (Å²) in [5.41, 5.74) is 3.41. The number of benzene rings is 2. The minimum Gasteiger partial charge on any atom is -0.490 e. The van der Waals surface area contributed by atoms with Gasteiger partial charge in [0.1, 0.15) is 0 Å². The van der Waals surface area contributed by atoms with Crippen molar-refractivity contribution in [2.24, 2.45) is 0 Å². The van der Waals surface area contributed by atoms with Crippen LogP contribution in [0.5, 0.6) is 11.5 Å². The first kappa shape index (κ1) is 19.3. The molecule has 134 valence electrons. The summed E-state index contributed by atoms with van der Waals surface area (Å²) in [7, 11) is 0. The Kier molecular flexibility index (Phi) is 6.88. The Balaban J connectivity index is 2.33. The van der Waals surface area contributed by atoms with Crippen LogP contribution >= 0.6 is 15.9 Å². The minimum atomic E-state index is -0.180. The fourth-order valence-corrected chi connectivity index (χ4v) is 3.06. The monoisotopic (exact) mass is 405 g/mol. The second-order valence-electron chi connectivity index (χ2n) is 5.79. The topological polar surface area (TPSA) is 47.6 Å². The van der Waals surface area contributed by atoms with Gasteiger partial charge in [-0.15, -0.1) is 0 Å². The number of hydrogen-bond donors (Lipinski definition) is 1. The SMILES string of the molecule is CCCOc1c(Br)cc(C(=O)Nc2c(C)cccc2C)cc1OCC. The quantitative estimate of drug-likeness (QED) is 0.660. The highest BCUT2D eigenvalue weighted by Gasteiger charge is 2.17. The summed E-state index contributed by atoms with van der Waals surface area (Å²) in [6, 6.07) is 9.42. The molecule has 5 heteroatoms. The van der Waals surface area contributed by atoms with Gasteiger partial charge in [0.15, 0.2) is 11.5 Å². The average molecular weight is 406 g/mol. The Morgan fingerprint density at radius 3 is 2.40 bits per heavy atom. The van der Waals surface area contributed by atoms with E-state index in [-0.39, 0.29) is 5.91 Å². The molecule has 0 unspecified atom stereocenters. The summed E-state index contributed by atoms with van der Waals surface area (Å²) >= 11 is 3.50. The number of rotatable bonds is 7. The van der Waals surface area contributed by atoms with Crippen LogP contribution in [0.4, 0.5) is 5.69 Å². The lowest BCUT2D eigenvalue weighted by molar-refractivity contribution is 0.102. The van der Waals surface area contributed by atoms with Gasteiger partial charge in [-0.1, -0.05) is 25.1 Å². The number of ether oxygens (including phenoxy) is 2. The summed E-state index contributed by atoms with van der Waals surface area (Å²) < 4.78 is 12.1. The standard InChI is InChI=1S/C20H24BrNO3/c1-5-10-25-19-16(21)11-15(12-17(19)24-6-2)20(23)22-18-13(3)8-7-9-14(18)4/h7-9,11-12H,5-6,10H2,1-4H3,(H,22,23). The number of anilines is 1. The highest BCUT2D eigenvalue weighted by molar-refractivity contribution is 9.10. The van der Waals surface area contributed by atoms with E-state index in [0.29, 0.717) is 34.7 Å². The molecule has 0 atom stereocenters. The second-order valence-corrected chi connectivity index (χ2v) is 6.64. The lowest BCUT2D eigenvalue weighted by atomic mass is 10.1. The van der Waals surface area contributed by atoms with Crippen molar-refractivity contribution in [3.63, 3.8) is 0 Å². The number of amides is 1. The van der Waals surface area contributed by atoms with Gasteiger partial charge in [0.2, 0.25) is 0 Å². The highest BCUT2D eigenvalue weighted by atomic mass is 79.9. The molecule has 2 aromatic carbocycles. The van der Waals surface area contributed by atoms with Crippen molar-refractivity contribution in [3.8, 4) is 11.5 Å². The molecule has 2 aromatic rings. The van der Waals surface area contributed by atoms with Gasteiger partial charge in [0.25, 0.3) is 5.91 Å². The molecule has 25 heavy (non-hydrogen) atoms. The molecule has 0 radical (unpaired) electrons. The van der Waals surface area contributed by atoms with Crippen molar-refractivity contribution in [2.75, 3.05) is 18.5 Å². The molecule has 1 amide bonds. The van der Waals surface area contributed by atoms with E-state index in [9.17, 15) is 4.79 Å². The molecule has 0 aliphatic heterocycles. The van der Waals surface area contributed by atoms with E-state index in [1.54, 1.807) is 12.1 Å². The molecule has 0 heterocycles. The van der Waals surface area contributed by atoms with Gasteiger partial charge in [-0.2, -0.15) is 0 Å². The number of para-hydroxylation sites is 1. The maximum absolute atomic E-state index is 12.7. The van der Waals surface area contributed by atoms with E-state index in [4.69, 9.17) is 9.47 Å². The molecule has 4 nitrogen and oxygen atoms in total. The van der Waals surface area contributed by atoms with Crippen LogP contribution in [0.25, 0.3) is 0 Å². The zero-order valence-electron chi connectivity index (χ0n) is 15.1. The molecular weight excluding hydrogens is 382 g/mol. The van der Waals surface area contributed by atoms with Crippen LogP contribution in [0.1, 0.15) is 41.8 Å². The fourth-order valence-electron chi connectivity index (χ4n) is 2.50. The van der Waals surface area contributed by atoms with Gasteiger partial charge in [-0.3, -0.25) is 4.79 Å². The summed E-state index contributed by atoms with van der Waals surface area (Å²) in [5, 5.41) is 3.00. The normalized spacial score (nSPS) is 10.4. The molecule has 0 saturated carbocycles. The molecule has 0 fully saturated rings. The van der Waals surface area contributed by atoms with Crippen molar-refractivity contribution >= 4 is 27.5 Å². The molecular formula is C20H24BrNO3. The number of carbonyl (C=O) groups excluding carboxylic acids is 1. The van der Waals surface area contributed by atoms with Gasteiger partial charge in [0.05, 0.1) is 17.7 Å². The molecule has 0 aromatic heterocycles. The van der Waals surface area contributed by atoms with E-state index < -0.39 is 0 Å². The third-order valence-corrected chi connectivity index (χ3v) is 4.33. The fraction of sp³-hybridized carbons (Fsp3) is 0.350. The van der Waals surface area contributed by atoms with Crippen LogP contribution in [-0.2, 0) is 0 Å². The van der Waals surface area contributed by atoms with Gasteiger partial charge in [0, 0.05) is 11.3 Å². The summed E-state index contributed by atoms with van der Waals surface area (Å²) in [4.78, 5) is 12.7. The van der Waals surface area contributed by atoms with Crippen LogP contribution in [0.3, 0.4) is 0 Å². The van der Waals surface area contributed by atoms with E-state index in [1.807, 2.05) is 45.9 Å². The van der Waals surface area contributed by atoms with E-state index >= 15 is 0 Å². The number of hydrogen-bond acceptors (Lipinski definition) is 3. The smallest absolute Gasteiger partial charge is 0.255 e. The number of carbonyl (C=O) groups is 1. The molecule has 1 N–H and O–H groups in total. The molecule has 2 rings (SSSR count). The van der Waals surface area contributed by atoms with Crippen molar-refractivity contribution < 1.29 is 14.3 Å². The van der Waals surface area contributed by atoms with Gasteiger partial charge in [-0.25, -0.2) is 0 Å². The summed E-state index contributed by atoms with van der Waals surface area (Å²) in [6.45, 7) is 8.99. The maximum Gasteiger partial charge on any atom is 0.255 e. The van der Waals surface area contributed by atoms with Crippen LogP contribution < -0.4 is 14.8 Å². The van der Waals surface area contributed by atoms with Gasteiger partial charge >= 0.3 is 0 Å². The Morgan fingerprint density at radius 1 is 1.12 bits per heavy atom. The van der Waals surface area contributed by atoms with Crippen molar-refractivity contribution in [1.29, 1.82) is 0 Å². The zero-order valence-corrected chi connectivity index (χ0v) is 16.7. The molecule has 0 spiro atoms. The van der Waals surface area contributed by atoms with Crippen molar-refractivity contribution in [2.45, 2.75) is 34.1 Å². The zero-order chi connectivity index (χ0) is 18.4. The first-order valence-corrected chi connectivity index (χ1v) is 9.23. The first-order chi connectivity index (χ1) is 12.0. The van der Waals surface area contributed by atoms with E-state index in [2.05, 4.69) is 21.2 Å². The maximum atomic E-state index is 12.7.